The standard InChI is InChI=1S/C21H18F3N3O3S/c1-2-27(15-8-4-3-5-9-15)31(29,30)16-10-6-7-14(13-16)21(28)26-25-18-12-11-17(22)19(23)20(18)24/h3-13,25H,2H2,1H3,(H,26,28). The van der Waals surface area contributed by atoms with E-state index in [1.807, 2.05) is 0 Å². The Morgan fingerprint density at radius 1 is 0.935 bits per heavy atom. The number of anilines is 2. The number of hydrogen-bond donors (Lipinski definition) is 2. The van der Waals surface area contributed by atoms with Gasteiger partial charge in [-0.25, -0.2) is 21.6 Å². The van der Waals surface area contributed by atoms with Crippen LogP contribution in [0, 0.1) is 17.5 Å². The average molecular weight is 449 g/mol. The summed E-state index contributed by atoms with van der Waals surface area (Å²) in [4.78, 5) is 12.3. The summed E-state index contributed by atoms with van der Waals surface area (Å²) >= 11 is 0. The van der Waals surface area contributed by atoms with Gasteiger partial charge in [-0.1, -0.05) is 24.3 Å². The molecule has 0 saturated heterocycles. The van der Waals surface area contributed by atoms with E-state index in [-0.39, 0.29) is 17.0 Å². The molecule has 0 atom stereocenters. The van der Waals surface area contributed by atoms with E-state index in [1.54, 1.807) is 37.3 Å². The fourth-order valence-electron chi connectivity index (χ4n) is 2.83. The van der Waals surface area contributed by atoms with Crippen molar-refractivity contribution in [1.29, 1.82) is 0 Å². The highest BCUT2D eigenvalue weighted by atomic mass is 32.2. The molecule has 2 N–H and O–H groups in total. The molecule has 31 heavy (non-hydrogen) atoms. The lowest BCUT2D eigenvalue weighted by molar-refractivity contribution is 0.0962. The summed E-state index contributed by atoms with van der Waals surface area (Å²) < 4.78 is 67.4. The zero-order valence-corrected chi connectivity index (χ0v) is 17.1. The van der Waals surface area contributed by atoms with Crippen LogP contribution in [-0.2, 0) is 10.0 Å². The molecule has 1 amide bonds. The van der Waals surface area contributed by atoms with Gasteiger partial charge in [-0.2, -0.15) is 0 Å². The number of carbonyl (C=O) groups is 1. The summed E-state index contributed by atoms with van der Waals surface area (Å²) in [5.74, 6) is -5.36. The summed E-state index contributed by atoms with van der Waals surface area (Å²) in [5.41, 5.74) is 4.22. The van der Waals surface area contributed by atoms with Crippen molar-refractivity contribution in [2.24, 2.45) is 0 Å². The van der Waals surface area contributed by atoms with Gasteiger partial charge in [0, 0.05) is 12.1 Å². The lowest BCUT2D eigenvalue weighted by Gasteiger charge is -2.23. The second kappa shape index (κ2) is 9.09. The van der Waals surface area contributed by atoms with Crippen molar-refractivity contribution in [2.75, 3.05) is 16.3 Å². The van der Waals surface area contributed by atoms with Crippen LogP contribution in [0.5, 0.6) is 0 Å². The Morgan fingerprint density at radius 3 is 2.32 bits per heavy atom. The Hall–Kier alpha value is -3.53. The molecule has 10 heteroatoms. The van der Waals surface area contributed by atoms with E-state index in [0.29, 0.717) is 11.8 Å². The summed E-state index contributed by atoms with van der Waals surface area (Å²) in [6.07, 6.45) is 0. The number of para-hydroxylation sites is 1. The second-order valence-corrected chi connectivity index (χ2v) is 8.20. The first-order valence-electron chi connectivity index (χ1n) is 9.13. The van der Waals surface area contributed by atoms with Crippen LogP contribution in [0.2, 0.25) is 0 Å². The minimum atomic E-state index is -3.96. The first-order chi connectivity index (χ1) is 14.8. The van der Waals surface area contributed by atoms with Gasteiger partial charge in [0.05, 0.1) is 16.3 Å². The first-order valence-corrected chi connectivity index (χ1v) is 10.6. The Bertz CT molecular complexity index is 1200. The third-order valence-corrected chi connectivity index (χ3v) is 6.26. The smallest absolute Gasteiger partial charge is 0.269 e. The minimum Gasteiger partial charge on any atom is -0.295 e. The van der Waals surface area contributed by atoms with Gasteiger partial charge in [-0.05, 0) is 49.4 Å². The van der Waals surface area contributed by atoms with E-state index in [9.17, 15) is 26.4 Å². The molecule has 0 aliphatic heterocycles. The average Bonchev–Trinajstić information content (AvgIpc) is 2.78. The maximum atomic E-state index is 13.7. The van der Waals surface area contributed by atoms with Gasteiger partial charge >= 0.3 is 0 Å². The number of sulfonamides is 1. The molecule has 0 spiro atoms. The van der Waals surface area contributed by atoms with Crippen LogP contribution in [0.3, 0.4) is 0 Å². The van der Waals surface area contributed by atoms with Crippen LogP contribution in [0.25, 0.3) is 0 Å². The summed E-state index contributed by atoms with van der Waals surface area (Å²) in [5, 5.41) is 0. The van der Waals surface area contributed by atoms with Crippen LogP contribution in [0.4, 0.5) is 24.5 Å². The largest absolute Gasteiger partial charge is 0.295 e. The molecule has 3 aromatic carbocycles. The Morgan fingerprint density at radius 2 is 1.65 bits per heavy atom. The molecule has 0 fully saturated rings. The zero-order chi connectivity index (χ0) is 22.6. The van der Waals surface area contributed by atoms with Crippen molar-refractivity contribution in [3.63, 3.8) is 0 Å². The fourth-order valence-corrected chi connectivity index (χ4v) is 4.35. The van der Waals surface area contributed by atoms with Gasteiger partial charge in [-0.15, -0.1) is 0 Å². The molecule has 0 radical (unpaired) electrons. The Kier molecular flexibility index (Phi) is 6.50. The van der Waals surface area contributed by atoms with Gasteiger partial charge in [-0.3, -0.25) is 20.0 Å². The van der Waals surface area contributed by atoms with Crippen LogP contribution >= 0.6 is 0 Å². The fraction of sp³-hybridized carbons (Fsp3) is 0.0952. The van der Waals surface area contributed by atoms with Crippen LogP contribution in [0.15, 0.2) is 71.6 Å². The number of nitrogens with zero attached hydrogens (tertiary/aromatic N) is 1. The molecular formula is C21H18F3N3O3S. The number of benzene rings is 3. The van der Waals surface area contributed by atoms with Gasteiger partial charge in [0.25, 0.3) is 15.9 Å². The third kappa shape index (κ3) is 4.64. The predicted octanol–water partition coefficient (Wildman–Crippen LogP) is 4.08. The van der Waals surface area contributed by atoms with Crippen molar-refractivity contribution in [3.8, 4) is 0 Å². The normalized spacial score (nSPS) is 11.1. The highest BCUT2D eigenvalue weighted by molar-refractivity contribution is 7.92. The summed E-state index contributed by atoms with van der Waals surface area (Å²) in [6, 6.07) is 15.3. The number of hydrogen-bond acceptors (Lipinski definition) is 4. The Balaban J connectivity index is 1.82. The van der Waals surface area contributed by atoms with Crippen molar-refractivity contribution in [3.05, 3.63) is 89.7 Å². The number of halogens is 3. The highest BCUT2D eigenvalue weighted by Crippen LogP contribution is 2.24. The zero-order valence-electron chi connectivity index (χ0n) is 16.3. The molecule has 0 aromatic heterocycles. The molecule has 0 unspecified atom stereocenters. The van der Waals surface area contributed by atoms with E-state index in [0.717, 1.165) is 6.07 Å². The first kappa shape index (κ1) is 22.2. The van der Waals surface area contributed by atoms with Crippen molar-refractivity contribution >= 4 is 27.3 Å². The van der Waals surface area contributed by atoms with Crippen molar-refractivity contribution in [1.82, 2.24) is 5.43 Å². The molecule has 162 valence electrons. The van der Waals surface area contributed by atoms with Crippen LogP contribution < -0.4 is 15.2 Å². The van der Waals surface area contributed by atoms with Gasteiger partial charge in [0.15, 0.2) is 17.5 Å². The van der Waals surface area contributed by atoms with E-state index in [1.165, 1.54) is 28.6 Å². The molecule has 0 saturated carbocycles. The predicted molar refractivity (Wildman–Crippen MR) is 110 cm³/mol. The molecule has 0 heterocycles. The molecule has 0 aliphatic rings. The molecular weight excluding hydrogens is 431 g/mol. The molecule has 0 bridgehead atoms. The molecule has 6 nitrogen and oxygen atoms in total. The number of nitrogens with one attached hydrogen (secondary N) is 2. The molecule has 0 aliphatic carbocycles. The van der Waals surface area contributed by atoms with Gasteiger partial charge in [0.2, 0.25) is 0 Å². The minimum absolute atomic E-state index is 0.0410. The van der Waals surface area contributed by atoms with E-state index < -0.39 is 39.1 Å². The van der Waals surface area contributed by atoms with E-state index in [2.05, 4.69) is 10.9 Å². The SMILES string of the molecule is CCN(c1ccccc1)S(=O)(=O)c1cccc(C(=O)NNc2ccc(F)c(F)c2F)c1. The topological polar surface area (TPSA) is 78.5 Å². The molecule has 3 rings (SSSR count). The lowest BCUT2D eigenvalue weighted by Crippen LogP contribution is -2.32. The maximum Gasteiger partial charge on any atom is 0.269 e. The van der Waals surface area contributed by atoms with Gasteiger partial charge in [0.1, 0.15) is 0 Å². The van der Waals surface area contributed by atoms with Crippen LogP contribution in [-0.4, -0.2) is 20.9 Å². The van der Waals surface area contributed by atoms with Crippen molar-refractivity contribution in [2.45, 2.75) is 11.8 Å². The van der Waals surface area contributed by atoms with Crippen LogP contribution in [0.1, 0.15) is 17.3 Å². The quantitative estimate of drug-likeness (QED) is 0.421. The van der Waals surface area contributed by atoms with Crippen molar-refractivity contribution < 1.29 is 26.4 Å². The van der Waals surface area contributed by atoms with E-state index in [4.69, 9.17) is 0 Å². The monoisotopic (exact) mass is 449 g/mol. The number of hydrazine groups is 1. The lowest BCUT2D eigenvalue weighted by atomic mass is 10.2. The number of carbonyl (C=O) groups excluding carboxylic acids is 1. The second-order valence-electron chi connectivity index (χ2n) is 6.34. The van der Waals surface area contributed by atoms with Gasteiger partial charge < -0.3 is 0 Å². The summed E-state index contributed by atoms with van der Waals surface area (Å²) in [7, 11) is -3.96. The maximum absolute atomic E-state index is 13.7. The highest BCUT2D eigenvalue weighted by Gasteiger charge is 2.24. The molecule has 3 aromatic rings. The number of amides is 1. The summed E-state index contributed by atoms with van der Waals surface area (Å²) in [6.45, 7) is 1.85. The third-order valence-electron chi connectivity index (χ3n) is 4.36. The van der Waals surface area contributed by atoms with E-state index >= 15 is 0 Å². The number of rotatable bonds is 7. The Labute approximate surface area is 177 Å².